The highest BCUT2D eigenvalue weighted by atomic mass is 16.6. The maximum Gasteiger partial charge on any atom is 0.408 e. The zero-order valence-electron chi connectivity index (χ0n) is 19.2. The Balaban J connectivity index is 2.27. The molecule has 1 aromatic rings. The van der Waals surface area contributed by atoms with Gasteiger partial charge in [-0.15, -0.1) is 0 Å². The SMILES string of the molecule is Cc1cccc(C(C(=O)NC(C)(C)C)N(C(=O)CNC(=O)OC(C)(C)C)C2CC2)c1. The maximum atomic E-state index is 13.3. The van der Waals surface area contributed by atoms with Gasteiger partial charge < -0.3 is 20.3 Å². The standard InChI is InChI=1S/C23H35N3O4/c1-15-9-8-10-16(13-15)19(20(28)25-22(2,3)4)26(17-11-12-17)18(27)14-24-21(29)30-23(5,6)7/h8-10,13,17,19H,11-12,14H2,1-7H3,(H,24,29)(H,25,28). The number of ether oxygens (including phenoxy) is 1. The first-order valence-electron chi connectivity index (χ1n) is 10.4. The number of carbonyl (C=O) groups is 3. The molecule has 0 radical (unpaired) electrons. The van der Waals surface area contributed by atoms with Crippen molar-refractivity contribution in [1.82, 2.24) is 15.5 Å². The molecule has 30 heavy (non-hydrogen) atoms. The van der Waals surface area contributed by atoms with Crippen LogP contribution in [0.15, 0.2) is 24.3 Å². The predicted molar refractivity (Wildman–Crippen MR) is 116 cm³/mol. The van der Waals surface area contributed by atoms with Gasteiger partial charge in [-0.25, -0.2) is 4.79 Å². The molecule has 2 rings (SSSR count). The first kappa shape index (κ1) is 23.7. The molecule has 1 aliphatic carbocycles. The Bertz CT molecular complexity index is 788. The minimum Gasteiger partial charge on any atom is -0.444 e. The molecule has 166 valence electrons. The van der Waals surface area contributed by atoms with E-state index in [1.54, 1.807) is 25.7 Å². The average Bonchev–Trinajstić information content (AvgIpc) is 3.38. The Morgan fingerprint density at radius 3 is 2.27 bits per heavy atom. The molecular formula is C23H35N3O4. The van der Waals surface area contributed by atoms with E-state index in [-0.39, 0.29) is 24.4 Å². The van der Waals surface area contributed by atoms with Crippen molar-refractivity contribution >= 4 is 17.9 Å². The molecule has 0 bridgehead atoms. The number of amides is 3. The van der Waals surface area contributed by atoms with E-state index in [4.69, 9.17) is 4.74 Å². The first-order chi connectivity index (χ1) is 13.8. The quantitative estimate of drug-likeness (QED) is 0.742. The number of hydrogen-bond donors (Lipinski definition) is 2. The van der Waals surface area contributed by atoms with Crippen molar-refractivity contribution in [3.63, 3.8) is 0 Å². The van der Waals surface area contributed by atoms with Crippen LogP contribution >= 0.6 is 0 Å². The molecule has 7 nitrogen and oxygen atoms in total. The van der Waals surface area contributed by atoms with E-state index >= 15 is 0 Å². The third-order valence-electron chi connectivity index (χ3n) is 4.39. The topological polar surface area (TPSA) is 87.7 Å². The Morgan fingerprint density at radius 1 is 1.13 bits per heavy atom. The highest BCUT2D eigenvalue weighted by Crippen LogP contribution is 2.35. The largest absolute Gasteiger partial charge is 0.444 e. The second-order valence-electron chi connectivity index (χ2n) is 9.94. The second kappa shape index (κ2) is 9.06. The van der Waals surface area contributed by atoms with Crippen LogP contribution in [0.1, 0.15) is 71.6 Å². The summed E-state index contributed by atoms with van der Waals surface area (Å²) in [5.41, 5.74) is 0.678. The van der Waals surface area contributed by atoms with E-state index in [0.717, 1.165) is 24.0 Å². The van der Waals surface area contributed by atoms with Crippen molar-refractivity contribution in [2.75, 3.05) is 6.54 Å². The summed E-state index contributed by atoms with van der Waals surface area (Å²) in [5.74, 6) is -0.537. The Morgan fingerprint density at radius 2 is 1.77 bits per heavy atom. The van der Waals surface area contributed by atoms with Gasteiger partial charge in [0.25, 0.3) is 0 Å². The Hall–Kier alpha value is -2.57. The van der Waals surface area contributed by atoms with Crippen molar-refractivity contribution in [2.45, 2.75) is 84.5 Å². The number of hydrogen-bond acceptors (Lipinski definition) is 4. The zero-order valence-corrected chi connectivity index (χ0v) is 19.2. The number of alkyl carbamates (subject to hydrolysis) is 1. The number of aryl methyl sites for hydroxylation is 1. The molecule has 3 amide bonds. The lowest BCUT2D eigenvalue weighted by atomic mass is 9.99. The normalized spacial score (nSPS) is 15.2. The summed E-state index contributed by atoms with van der Waals surface area (Å²) in [7, 11) is 0. The smallest absolute Gasteiger partial charge is 0.408 e. The fourth-order valence-corrected chi connectivity index (χ4v) is 3.18. The van der Waals surface area contributed by atoms with Crippen LogP contribution in [-0.2, 0) is 14.3 Å². The Labute approximate surface area is 179 Å². The van der Waals surface area contributed by atoms with Crippen molar-refractivity contribution in [3.05, 3.63) is 35.4 Å². The molecule has 1 aromatic carbocycles. The summed E-state index contributed by atoms with van der Waals surface area (Å²) in [6.07, 6.45) is 1.02. The molecule has 1 atom stereocenters. The Kier molecular flexibility index (Phi) is 7.16. The van der Waals surface area contributed by atoms with Crippen molar-refractivity contribution in [3.8, 4) is 0 Å². The predicted octanol–water partition coefficient (Wildman–Crippen LogP) is 3.47. The lowest BCUT2D eigenvalue weighted by Gasteiger charge is -2.34. The summed E-state index contributed by atoms with van der Waals surface area (Å²) < 4.78 is 5.22. The van der Waals surface area contributed by atoms with Crippen molar-refractivity contribution < 1.29 is 19.1 Å². The summed E-state index contributed by atoms with van der Waals surface area (Å²) in [5, 5.41) is 5.53. The highest BCUT2D eigenvalue weighted by molar-refractivity contribution is 5.91. The van der Waals surface area contributed by atoms with E-state index in [1.165, 1.54) is 0 Å². The number of nitrogens with one attached hydrogen (secondary N) is 2. The molecule has 0 aliphatic heterocycles. The van der Waals surface area contributed by atoms with E-state index in [0.29, 0.717) is 0 Å². The van der Waals surface area contributed by atoms with E-state index in [9.17, 15) is 14.4 Å². The molecule has 0 spiro atoms. The molecule has 0 heterocycles. The van der Waals surface area contributed by atoms with Crippen molar-refractivity contribution in [1.29, 1.82) is 0 Å². The first-order valence-corrected chi connectivity index (χ1v) is 10.4. The van der Waals surface area contributed by atoms with Gasteiger partial charge in [0.1, 0.15) is 18.2 Å². The number of carbonyl (C=O) groups excluding carboxylic acids is 3. The summed E-state index contributed by atoms with van der Waals surface area (Å²) in [6, 6.07) is 6.85. The van der Waals surface area contributed by atoms with E-state index in [1.807, 2.05) is 52.0 Å². The molecule has 1 unspecified atom stereocenters. The van der Waals surface area contributed by atoms with Gasteiger partial charge >= 0.3 is 6.09 Å². The van der Waals surface area contributed by atoms with Crippen LogP contribution in [0, 0.1) is 6.92 Å². The van der Waals surface area contributed by atoms with Crippen LogP contribution < -0.4 is 10.6 Å². The third-order valence-corrected chi connectivity index (χ3v) is 4.39. The third kappa shape index (κ3) is 7.35. The molecule has 1 fully saturated rings. The van der Waals surface area contributed by atoms with Crippen LogP contribution in [0.5, 0.6) is 0 Å². The second-order valence-corrected chi connectivity index (χ2v) is 9.94. The van der Waals surface area contributed by atoms with Crippen LogP contribution in [0.4, 0.5) is 4.79 Å². The van der Waals surface area contributed by atoms with Gasteiger partial charge in [0, 0.05) is 11.6 Å². The average molecular weight is 418 g/mol. The van der Waals surface area contributed by atoms with Gasteiger partial charge in [0.05, 0.1) is 0 Å². The molecule has 0 saturated heterocycles. The van der Waals surface area contributed by atoms with Crippen LogP contribution in [-0.4, -0.2) is 46.5 Å². The zero-order chi connectivity index (χ0) is 22.7. The molecule has 7 heteroatoms. The summed E-state index contributed by atoms with van der Waals surface area (Å²) in [6.45, 7) is 12.7. The van der Waals surface area contributed by atoms with Crippen LogP contribution in [0.3, 0.4) is 0 Å². The molecule has 1 aliphatic rings. The molecule has 2 N–H and O–H groups in total. The van der Waals surface area contributed by atoms with Crippen LogP contribution in [0.2, 0.25) is 0 Å². The fourth-order valence-electron chi connectivity index (χ4n) is 3.18. The highest BCUT2D eigenvalue weighted by Gasteiger charge is 2.42. The van der Waals surface area contributed by atoms with Gasteiger partial charge in [0.2, 0.25) is 11.8 Å². The minimum atomic E-state index is -0.760. The van der Waals surface area contributed by atoms with Gasteiger partial charge in [-0.05, 0) is 66.9 Å². The number of rotatable bonds is 6. The summed E-state index contributed by atoms with van der Waals surface area (Å²) in [4.78, 5) is 40.0. The van der Waals surface area contributed by atoms with E-state index in [2.05, 4.69) is 10.6 Å². The van der Waals surface area contributed by atoms with Crippen molar-refractivity contribution in [2.24, 2.45) is 0 Å². The van der Waals surface area contributed by atoms with E-state index < -0.39 is 23.3 Å². The molecule has 0 aromatic heterocycles. The maximum absolute atomic E-state index is 13.3. The lowest BCUT2D eigenvalue weighted by Crippen LogP contribution is -2.52. The minimum absolute atomic E-state index is 0.0193. The van der Waals surface area contributed by atoms with Gasteiger partial charge in [-0.1, -0.05) is 29.8 Å². The monoisotopic (exact) mass is 417 g/mol. The molecular weight excluding hydrogens is 382 g/mol. The number of nitrogens with zero attached hydrogens (tertiary/aromatic N) is 1. The lowest BCUT2D eigenvalue weighted by molar-refractivity contribution is -0.141. The van der Waals surface area contributed by atoms with Gasteiger partial charge in [-0.3, -0.25) is 9.59 Å². The summed E-state index contributed by atoms with van der Waals surface area (Å²) >= 11 is 0. The fraction of sp³-hybridized carbons (Fsp3) is 0.609. The van der Waals surface area contributed by atoms with Gasteiger partial charge in [0.15, 0.2) is 0 Å². The van der Waals surface area contributed by atoms with Gasteiger partial charge in [-0.2, -0.15) is 0 Å². The van der Waals surface area contributed by atoms with Crippen LogP contribution in [0.25, 0.3) is 0 Å². The molecule has 1 saturated carbocycles. The number of benzene rings is 1.